The van der Waals surface area contributed by atoms with Crippen molar-refractivity contribution in [2.45, 2.75) is 50.9 Å². The van der Waals surface area contributed by atoms with Gasteiger partial charge in [-0.2, -0.15) is 13.2 Å². The monoisotopic (exact) mass is 623 g/mol. The van der Waals surface area contributed by atoms with E-state index in [0.717, 1.165) is 61.2 Å². The van der Waals surface area contributed by atoms with Crippen LogP contribution >= 0.6 is 11.3 Å². The Labute approximate surface area is 256 Å². The van der Waals surface area contributed by atoms with E-state index in [1.807, 2.05) is 7.05 Å². The minimum Gasteiger partial charge on any atom is -0.382 e. The molecule has 4 aromatic rings. The van der Waals surface area contributed by atoms with Crippen LogP contribution in [0.3, 0.4) is 0 Å². The van der Waals surface area contributed by atoms with Crippen LogP contribution in [0.4, 0.5) is 36.1 Å². The first-order valence-electron chi connectivity index (χ1n) is 14.4. The smallest absolute Gasteiger partial charge is 0.382 e. The molecule has 2 aromatic carbocycles. The zero-order valence-electron chi connectivity index (χ0n) is 24.2. The SMILES string of the molecule is Cc1ccc(NC(=O)c2cc(NC3CCN(C)CC3)cc(C(F)(F)F)c2)cc1NC(=O)c1csc2c(NC3CC3)ncnc12. The summed E-state index contributed by atoms with van der Waals surface area (Å²) in [4.78, 5) is 37.4. The van der Waals surface area contributed by atoms with Gasteiger partial charge in [-0.05, 0) is 88.6 Å². The standard InChI is InChI=1S/C31H32F3N7O2S/c1-17-3-4-22(14-25(17)40-30(43)24-15-44-27-26(24)35-16-36-28(27)38-20-5-6-20)39-29(42)18-11-19(31(32,33)34)13-23(12-18)37-21-7-9-41(2)10-8-21/h3-4,11-16,20-21,37H,5-10H2,1-2H3,(H,39,42)(H,40,43)(H,35,36,38). The number of aromatic nitrogens is 2. The molecule has 230 valence electrons. The first-order chi connectivity index (χ1) is 21.0. The minimum atomic E-state index is -4.62. The topological polar surface area (TPSA) is 111 Å². The van der Waals surface area contributed by atoms with E-state index in [9.17, 15) is 22.8 Å². The van der Waals surface area contributed by atoms with E-state index in [1.165, 1.54) is 23.7 Å². The Morgan fingerprint density at radius 1 is 0.909 bits per heavy atom. The first-order valence-corrected chi connectivity index (χ1v) is 15.3. The second-order valence-electron chi connectivity index (χ2n) is 11.4. The molecule has 1 aliphatic heterocycles. The average molecular weight is 624 g/mol. The molecule has 0 spiro atoms. The number of likely N-dealkylation sites (tertiary alicyclic amines) is 1. The maximum absolute atomic E-state index is 13.8. The Hall–Kier alpha value is -4.23. The summed E-state index contributed by atoms with van der Waals surface area (Å²) >= 11 is 1.38. The number of rotatable bonds is 8. The fraction of sp³-hybridized carbons (Fsp3) is 0.355. The van der Waals surface area contributed by atoms with Gasteiger partial charge >= 0.3 is 6.18 Å². The number of halogens is 3. The summed E-state index contributed by atoms with van der Waals surface area (Å²) < 4.78 is 42.1. The van der Waals surface area contributed by atoms with Gasteiger partial charge in [-0.15, -0.1) is 11.3 Å². The third kappa shape index (κ3) is 6.78. The number of fused-ring (bicyclic) bond motifs is 1. The molecule has 1 aliphatic carbocycles. The number of nitrogens with zero attached hydrogens (tertiary/aromatic N) is 3. The third-order valence-corrected chi connectivity index (χ3v) is 8.85. The molecule has 6 rings (SSSR count). The molecule has 0 bridgehead atoms. The highest BCUT2D eigenvalue weighted by molar-refractivity contribution is 7.18. The molecule has 0 unspecified atom stereocenters. The number of benzene rings is 2. The lowest BCUT2D eigenvalue weighted by Gasteiger charge is -2.30. The van der Waals surface area contributed by atoms with E-state index in [-0.39, 0.29) is 23.2 Å². The summed E-state index contributed by atoms with van der Waals surface area (Å²) in [5.74, 6) is -0.358. The molecule has 2 aromatic heterocycles. The molecule has 3 heterocycles. The summed E-state index contributed by atoms with van der Waals surface area (Å²) in [6, 6.07) is 8.68. The predicted molar refractivity (Wildman–Crippen MR) is 167 cm³/mol. The van der Waals surface area contributed by atoms with E-state index in [1.54, 1.807) is 30.5 Å². The van der Waals surface area contributed by atoms with E-state index < -0.39 is 17.6 Å². The number of hydrogen-bond donors (Lipinski definition) is 4. The minimum absolute atomic E-state index is 0.0155. The van der Waals surface area contributed by atoms with E-state index in [2.05, 4.69) is 36.1 Å². The van der Waals surface area contributed by atoms with Crippen LogP contribution in [0.25, 0.3) is 10.2 Å². The number of aryl methyl sites for hydroxylation is 1. The van der Waals surface area contributed by atoms with Crippen molar-refractivity contribution in [3.05, 3.63) is 70.4 Å². The van der Waals surface area contributed by atoms with Crippen LogP contribution in [0.15, 0.2) is 48.1 Å². The highest BCUT2D eigenvalue weighted by Crippen LogP contribution is 2.35. The van der Waals surface area contributed by atoms with E-state index >= 15 is 0 Å². The Morgan fingerprint density at radius 2 is 1.66 bits per heavy atom. The van der Waals surface area contributed by atoms with Gasteiger partial charge in [-0.25, -0.2) is 9.97 Å². The Bertz CT molecular complexity index is 1710. The number of alkyl halides is 3. The maximum atomic E-state index is 13.8. The molecule has 0 atom stereocenters. The van der Waals surface area contributed by atoms with E-state index in [4.69, 9.17) is 0 Å². The van der Waals surface area contributed by atoms with Crippen molar-refractivity contribution in [3.8, 4) is 0 Å². The largest absolute Gasteiger partial charge is 0.416 e. The van der Waals surface area contributed by atoms with Crippen molar-refractivity contribution in [3.63, 3.8) is 0 Å². The molecule has 4 N–H and O–H groups in total. The number of carbonyl (C=O) groups excluding carboxylic acids is 2. The summed E-state index contributed by atoms with van der Waals surface area (Å²) in [5, 5.41) is 13.9. The molecule has 13 heteroatoms. The fourth-order valence-corrected chi connectivity index (χ4v) is 6.11. The van der Waals surface area contributed by atoms with Crippen LogP contribution in [-0.2, 0) is 6.18 Å². The van der Waals surface area contributed by atoms with Gasteiger partial charge in [0.25, 0.3) is 11.8 Å². The Balaban J connectivity index is 1.19. The van der Waals surface area contributed by atoms with Crippen LogP contribution in [-0.4, -0.2) is 58.9 Å². The number of thiophene rings is 1. The fourth-order valence-electron chi connectivity index (χ4n) is 5.16. The van der Waals surface area contributed by atoms with Crippen molar-refractivity contribution < 1.29 is 22.8 Å². The number of hydrogen-bond acceptors (Lipinski definition) is 8. The quantitative estimate of drug-likeness (QED) is 0.175. The molecular formula is C31H32F3N7O2S. The number of piperidine rings is 1. The van der Waals surface area contributed by atoms with Crippen LogP contribution in [0.5, 0.6) is 0 Å². The van der Waals surface area contributed by atoms with Gasteiger partial charge in [0.05, 0.1) is 21.3 Å². The maximum Gasteiger partial charge on any atom is 0.416 e. The lowest BCUT2D eigenvalue weighted by atomic mass is 10.0. The predicted octanol–water partition coefficient (Wildman–Crippen LogP) is 6.60. The molecule has 2 amide bonds. The van der Waals surface area contributed by atoms with Gasteiger partial charge in [0.2, 0.25) is 0 Å². The lowest BCUT2D eigenvalue weighted by molar-refractivity contribution is -0.137. The molecule has 2 aliphatic rings. The number of carbonyl (C=O) groups is 2. The van der Waals surface area contributed by atoms with E-state index in [0.29, 0.717) is 34.3 Å². The highest BCUT2D eigenvalue weighted by Gasteiger charge is 2.32. The highest BCUT2D eigenvalue weighted by atomic mass is 32.1. The molecule has 9 nitrogen and oxygen atoms in total. The summed E-state index contributed by atoms with van der Waals surface area (Å²) in [6.45, 7) is 3.48. The molecule has 2 fully saturated rings. The summed E-state index contributed by atoms with van der Waals surface area (Å²) in [7, 11) is 2.01. The van der Waals surface area contributed by atoms with Gasteiger partial charge in [0.15, 0.2) is 0 Å². The summed E-state index contributed by atoms with van der Waals surface area (Å²) in [6.07, 6.45) is 0.561. The van der Waals surface area contributed by atoms with Crippen molar-refractivity contribution in [2.75, 3.05) is 41.4 Å². The molecule has 1 saturated carbocycles. The van der Waals surface area contributed by atoms with Crippen molar-refractivity contribution in [1.82, 2.24) is 14.9 Å². The van der Waals surface area contributed by atoms with Gasteiger partial charge in [-0.1, -0.05) is 6.07 Å². The van der Waals surface area contributed by atoms with Crippen molar-refractivity contribution >= 4 is 56.2 Å². The lowest BCUT2D eigenvalue weighted by Crippen LogP contribution is -2.36. The Kier molecular flexibility index (Phi) is 8.16. The van der Waals surface area contributed by atoms with Gasteiger partial charge in [0.1, 0.15) is 12.1 Å². The zero-order valence-corrected chi connectivity index (χ0v) is 25.0. The summed E-state index contributed by atoms with van der Waals surface area (Å²) in [5.41, 5.74) is 1.68. The third-order valence-electron chi connectivity index (χ3n) is 7.87. The molecule has 1 saturated heterocycles. The molecule has 0 radical (unpaired) electrons. The Morgan fingerprint density at radius 3 is 2.39 bits per heavy atom. The molecule has 44 heavy (non-hydrogen) atoms. The van der Waals surface area contributed by atoms with Crippen LogP contribution in [0.2, 0.25) is 0 Å². The first kappa shape index (κ1) is 29.8. The average Bonchev–Trinajstić information content (AvgIpc) is 3.69. The van der Waals surface area contributed by atoms with Crippen LogP contribution in [0, 0.1) is 6.92 Å². The van der Waals surface area contributed by atoms with Crippen molar-refractivity contribution in [2.24, 2.45) is 0 Å². The number of anilines is 4. The second-order valence-corrected chi connectivity index (χ2v) is 12.3. The zero-order chi connectivity index (χ0) is 31.0. The van der Waals surface area contributed by atoms with Gasteiger partial charge < -0.3 is 26.2 Å². The van der Waals surface area contributed by atoms with Crippen LogP contribution < -0.4 is 21.3 Å². The second kappa shape index (κ2) is 12.0. The van der Waals surface area contributed by atoms with Gasteiger partial charge in [0, 0.05) is 40.1 Å². The van der Waals surface area contributed by atoms with Crippen molar-refractivity contribution in [1.29, 1.82) is 0 Å². The van der Waals surface area contributed by atoms with Gasteiger partial charge in [-0.3, -0.25) is 9.59 Å². The number of nitrogens with one attached hydrogen (secondary N) is 4. The molecular weight excluding hydrogens is 591 g/mol. The normalized spacial score (nSPS) is 16.1. The number of amides is 2. The van der Waals surface area contributed by atoms with Crippen LogP contribution in [0.1, 0.15) is 57.5 Å².